The molecule has 2 fully saturated rings. The second-order valence-corrected chi connectivity index (χ2v) is 5.73. The maximum atomic E-state index is 6.35. The quantitative estimate of drug-likeness (QED) is 0.678. The van der Waals surface area contributed by atoms with Crippen molar-refractivity contribution in [1.82, 2.24) is 0 Å². The number of fused-ring (bicyclic) bond motifs is 2. The van der Waals surface area contributed by atoms with Crippen LogP contribution < -0.4 is 4.65 Å². The lowest BCUT2D eigenvalue weighted by Gasteiger charge is -2.39. The molecule has 2 bridgehead atoms. The van der Waals surface area contributed by atoms with Crippen LogP contribution in [0.25, 0.3) is 0 Å². The summed E-state index contributed by atoms with van der Waals surface area (Å²) in [5.41, 5.74) is 1.27. The first-order valence-electron chi connectivity index (χ1n) is 7.07. The zero-order valence-corrected chi connectivity index (χ0v) is 10.7. The number of benzene rings is 1. The van der Waals surface area contributed by atoms with Gasteiger partial charge in [0.1, 0.15) is 5.75 Å². The largest absolute Gasteiger partial charge is 0.560 e. The lowest BCUT2D eigenvalue weighted by atomic mass is 9.38. The standard InChI is InChI=1S/C15H21BO/c1-12-6-2-3-11-15(12)17-16-13-7-4-8-14(16)10-5-9-13/h2-3,6,11,13-14H,4-5,7-10H2,1H3. The van der Waals surface area contributed by atoms with Gasteiger partial charge in [-0.3, -0.25) is 0 Å². The molecule has 0 N–H and O–H groups in total. The van der Waals surface area contributed by atoms with Crippen LogP contribution in [0.4, 0.5) is 0 Å². The Morgan fingerprint density at radius 2 is 1.59 bits per heavy atom. The van der Waals surface area contributed by atoms with Gasteiger partial charge in [-0.2, -0.15) is 0 Å². The molecule has 0 aliphatic carbocycles. The van der Waals surface area contributed by atoms with Crippen LogP contribution in [-0.2, 0) is 0 Å². The van der Waals surface area contributed by atoms with Gasteiger partial charge in [0.15, 0.2) is 0 Å². The fraction of sp³-hybridized carbons (Fsp3) is 0.600. The summed E-state index contributed by atoms with van der Waals surface area (Å²) < 4.78 is 6.35. The van der Waals surface area contributed by atoms with Crippen molar-refractivity contribution in [3.05, 3.63) is 29.8 Å². The van der Waals surface area contributed by atoms with Crippen LogP contribution >= 0.6 is 0 Å². The molecule has 0 aromatic heterocycles. The highest BCUT2D eigenvalue weighted by Crippen LogP contribution is 2.46. The van der Waals surface area contributed by atoms with Crippen molar-refractivity contribution in [3.63, 3.8) is 0 Å². The van der Waals surface area contributed by atoms with E-state index in [9.17, 15) is 0 Å². The molecular formula is C15H21BO. The summed E-state index contributed by atoms with van der Waals surface area (Å²) in [6.07, 6.45) is 8.37. The van der Waals surface area contributed by atoms with Gasteiger partial charge in [-0.25, -0.2) is 0 Å². The smallest absolute Gasteiger partial charge is 0.364 e. The Bertz CT molecular complexity index is 368. The van der Waals surface area contributed by atoms with E-state index in [1.54, 1.807) is 0 Å². The van der Waals surface area contributed by atoms with Gasteiger partial charge in [0, 0.05) is 0 Å². The normalized spacial score (nSPS) is 27.9. The molecule has 0 unspecified atom stereocenters. The molecule has 2 saturated heterocycles. The fourth-order valence-electron chi connectivity index (χ4n) is 3.64. The number of rotatable bonds is 2. The SMILES string of the molecule is Cc1ccccc1OB1C2CCCC1CCC2. The molecule has 0 atom stereocenters. The summed E-state index contributed by atoms with van der Waals surface area (Å²) in [6.45, 7) is 2.65. The average Bonchev–Trinajstić information content (AvgIpc) is 2.32. The molecule has 90 valence electrons. The molecule has 0 amide bonds. The summed E-state index contributed by atoms with van der Waals surface area (Å²) in [5.74, 6) is 2.75. The van der Waals surface area contributed by atoms with E-state index in [0.29, 0.717) is 6.92 Å². The van der Waals surface area contributed by atoms with Gasteiger partial charge >= 0.3 is 6.92 Å². The average molecular weight is 228 g/mol. The molecule has 1 aromatic rings. The monoisotopic (exact) mass is 228 g/mol. The molecule has 1 aromatic carbocycles. The molecule has 2 heterocycles. The third kappa shape index (κ3) is 2.22. The maximum Gasteiger partial charge on any atom is 0.364 e. The van der Waals surface area contributed by atoms with Gasteiger partial charge in [0.2, 0.25) is 0 Å². The van der Waals surface area contributed by atoms with Gasteiger partial charge < -0.3 is 4.65 Å². The van der Waals surface area contributed by atoms with Crippen molar-refractivity contribution >= 4 is 6.92 Å². The molecule has 0 saturated carbocycles. The second-order valence-electron chi connectivity index (χ2n) is 5.73. The Morgan fingerprint density at radius 3 is 2.18 bits per heavy atom. The Hall–Kier alpha value is -0.915. The molecule has 1 nitrogen and oxygen atoms in total. The molecule has 3 rings (SSSR count). The zero-order chi connectivity index (χ0) is 11.7. The van der Waals surface area contributed by atoms with E-state index >= 15 is 0 Å². The Kier molecular flexibility index (Phi) is 3.13. The molecule has 0 spiro atoms. The predicted molar refractivity (Wildman–Crippen MR) is 72.8 cm³/mol. The van der Waals surface area contributed by atoms with Crippen molar-refractivity contribution in [2.45, 2.75) is 57.1 Å². The van der Waals surface area contributed by atoms with Crippen LogP contribution in [0, 0.1) is 6.92 Å². The van der Waals surface area contributed by atoms with Crippen LogP contribution in [0.5, 0.6) is 5.75 Å². The first kappa shape index (κ1) is 11.2. The van der Waals surface area contributed by atoms with Crippen molar-refractivity contribution in [3.8, 4) is 5.75 Å². The van der Waals surface area contributed by atoms with Gasteiger partial charge in [-0.15, -0.1) is 0 Å². The Labute approximate surface area is 105 Å². The van der Waals surface area contributed by atoms with Crippen LogP contribution in [0.1, 0.15) is 44.1 Å². The predicted octanol–water partition coefficient (Wildman–Crippen LogP) is 4.47. The van der Waals surface area contributed by atoms with Crippen molar-refractivity contribution in [1.29, 1.82) is 0 Å². The summed E-state index contributed by atoms with van der Waals surface area (Å²) >= 11 is 0. The maximum absolute atomic E-state index is 6.35. The van der Waals surface area contributed by atoms with Gasteiger partial charge in [0.05, 0.1) is 0 Å². The molecule has 2 aliphatic heterocycles. The van der Waals surface area contributed by atoms with Crippen molar-refractivity contribution in [2.75, 3.05) is 0 Å². The van der Waals surface area contributed by atoms with E-state index in [4.69, 9.17) is 4.65 Å². The summed E-state index contributed by atoms with van der Waals surface area (Å²) in [6, 6.07) is 8.44. The molecule has 2 aliphatic rings. The van der Waals surface area contributed by atoms with Crippen LogP contribution in [0.2, 0.25) is 11.6 Å². The zero-order valence-electron chi connectivity index (χ0n) is 10.7. The first-order chi connectivity index (χ1) is 8.34. The van der Waals surface area contributed by atoms with E-state index in [2.05, 4.69) is 31.2 Å². The highest BCUT2D eigenvalue weighted by atomic mass is 16.4. The minimum absolute atomic E-state index is 0.499. The minimum Gasteiger partial charge on any atom is -0.560 e. The second kappa shape index (κ2) is 4.76. The van der Waals surface area contributed by atoms with Gasteiger partial charge in [-0.05, 0) is 30.2 Å². The lowest BCUT2D eigenvalue weighted by molar-refractivity contribution is 0.380. The molecule has 2 heteroatoms. The van der Waals surface area contributed by atoms with Crippen LogP contribution in [0.15, 0.2) is 24.3 Å². The molecular weight excluding hydrogens is 207 g/mol. The number of para-hydroxylation sites is 1. The van der Waals surface area contributed by atoms with Gasteiger partial charge in [-0.1, -0.05) is 56.7 Å². The van der Waals surface area contributed by atoms with E-state index in [1.165, 1.54) is 44.1 Å². The Morgan fingerprint density at radius 1 is 1.00 bits per heavy atom. The van der Waals surface area contributed by atoms with Crippen molar-refractivity contribution in [2.24, 2.45) is 0 Å². The first-order valence-corrected chi connectivity index (χ1v) is 7.07. The van der Waals surface area contributed by atoms with Crippen molar-refractivity contribution < 1.29 is 4.65 Å². The third-order valence-electron chi connectivity index (χ3n) is 4.59. The van der Waals surface area contributed by atoms with Crippen LogP contribution in [0.3, 0.4) is 0 Å². The van der Waals surface area contributed by atoms with E-state index in [0.717, 1.165) is 17.4 Å². The van der Waals surface area contributed by atoms with Crippen LogP contribution in [-0.4, -0.2) is 6.92 Å². The highest BCUT2D eigenvalue weighted by Gasteiger charge is 2.42. The van der Waals surface area contributed by atoms with Gasteiger partial charge in [0.25, 0.3) is 0 Å². The van der Waals surface area contributed by atoms with E-state index < -0.39 is 0 Å². The number of hydrogen-bond acceptors (Lipinski definition) is 1. The summed E-state index contributed by atoms with van der Waals surface area (Å²) in [4.78, 5) is 0. The fourth-order valence-corrected chi connectivity index (χ4v) is 3.64. The highest BCUT2D eigenvalue weighted by molar-refractivity contribution is 6.56. The summed E-state index contributed by atoms with van der Waals surface area (Å²) in [5, 5.41) is 0. The number of hydrogen-bond donors (Lipinski definition) is 0. The number of aryl methyl sites for hydroxylation is 1. The van der Waals surface area contributed by atoms with E-state index in [-0.39, 0.29) is 0 Å². The topological polar surface area (TPSA) is 9.23 Å². The lowest BCUT2D eigenvalue weighted by Crippen LogP contribution is -2.39. The van der Waals surface area contributed by atoms with E-state index in [1.807, 2.05) is 0 Å². The third-order valence-corrected chi connectivity index (χ3v) is 4.59. The minimum atomic E-state index is 0.499. The molecule has 0 radical (unpaired) electrons. The molecule has 17 heavy (non-hydrogen) atoms. The summed E-state index contributed by atoms with van der Waals surface area (Å²) in [7, 11) is 0. The Balaban J connectivity index is 1.78.